The zero-order valence-corrected chi connectivity index (χ0v) is 15.3. The van der Waals surface area contributed by atoms with Gasteiger partial charge in [-0.3, -0.25) is 9.69 Å². The number of amides is 1. The van der Waals surface area contributed by atoms with Gasteiger partial charge in [-0.25, -0.2) is 4.79 Å². The maximum absolute atomic E-state index is 12.4. The molecule has 1 aliphatic rings. The number of hydrogen-bond donors (Lipinski definition) is 1. The van der Waals surface area contributed by atoms with Crippen molar-refractivity contribution in [3.8, 4) is 0 Å². The van der Waals surface area contributed by atoms with Gasteiger partial charge in [0, 0.05) is 5.69 Å². The van der Waals surface area contributed by atoms with Crippen molar-refractivity contribution in [3.05, 3.63) is 65.2 Å². The zero-order valence-electron chi connectivity index (χ0n) is 14.5. The molecule has 1 heterocycles. The molecule has 0 radical (unpaired) electrons. The smallest absolute Gasteiger partial charge is 0.335 e. The number of nitrogens with zero attached hydrogens (tertiary/aromatic N) is 1. The van der Waals surface area contributed by atoms with E-state index >= 15 is 0 Å². The Morgan fingerprint density at radius 1 is 1.16 bits per heavy atom. The molecule has 1 N–H and O–H groups in total. The van der Waals surface area contributed by atoms with Gasteiger partial charge in [0.25, 0.3) is 0 Å². The van der Waals surface area contributed by atoms with Gasteiger partial charge < -0.3 is 5.11 Å². The quantitative estimate of drug-likeness (QED) is 0.883. The summed E-state index contributed by atoms with van der Waals surface area (Å²) in [6, 6.07) is 14.9. The van der Waals surface area contributed by atoms with Gasteiger partial charge in [0.05, 0.1) is 11.3 Å². The number of aromatic carboxylic acids is 1. The minimum absolute atomic E-state index is 0.00237. The molecule has 25 heavy (non-hydrogen) atoms. The van der Waals surface area contributed by atoms with E-state index in [4.69, 9.17) is 0 Å². The summed E-state index contributed by atoms with van der Waals surface area (Å²) in [6.07, 6.45) is 0. The van der Waals surface area contributed by atoms with E-state index in [1.54, 1.807) is 34.9 Å². The lowest BCUT2D eigenvalue weighted by Crippen LogP contribution is -2.28. The Morgan fingerprint density at radius 3 is 2.44 bits per heavy atom. The first-order valence-corrected chi connectivity index (χ1v) is 9.20. The summed E-state index contributed by atoms with van der Waals surface area (Å²) in [7, 11) is 0. The molecule has 0 saturated carbocycles. The highest BCUT2D eigenvalue weighted by Gasteiger charge is 2.34. The molecular weight excluding hydrogens is 334 g/mol. The van der Waals surface area contributed by atoms with Crippen LogP contribution < -0.4 is 4.90 Å². The average molecular weight is 355 g/mol. The first-order valence-electron chi connectivity index (χ1n) is 8.15. The monoisotopic (exact) mass is 355 g/mol. The fraction of sp³-hybridized carbons (Fsp3) is 0.300. The predicted molar refractivity (Wildman–Crippen MR) is 101 cm³/mol. The van der Waals surface area contributed by atoms with Crippen molar-refractivity contribution in [3.63, 3.8) is 0 Å². The summed E-state index contributed by atoms with van der Waals surface area (Å²) < 4.78 is 0. The van der Waals surface area contributed by atoms with Gasteiger partial charge in [0.2, 0.25) is 5.91 Å². The Kier molecular flexibility index (Phi) is 4.60. The third kappa shape index (κ3) is 3.56. The van der Waals surface area contributed by atoms with Crippen LogP contribution in [-0.4, -0.2) is 22.7 Å². The molecule has 1 fully saturated rings. The fourth-order valence-electron chi connectivity index (χ4n) is 2.89. The maximum atomic E-state index is 12.4. The van der Waals surface area contributed by atoms with E-state index < -0.39 is 5.97 Å². The lowest BCUT2D eigenvalue weighted by Gasteiger charge is -2.26. The molecule has 2 aromatic rings. The molecule has 0 aliphatic carbocycles. The standard InChI is InChI=1S/C20H21NO3S/c1-20(2,3)15-9-7-13(8-10-15)18-21(17(22)12-25-18)16-6-4-5-14(11-16)19(23)24/h4-11,18H,12H2,1-3H3,(H,23,24)/t18-/m0/s1. The van der Waals surface area contributed by atoms with Crippen LogP contribution in [0.1, 0.15) is 47.6 Å². The number of carboxylic acid groups (broad SMARTS) is 1. The van der Waals surface area contributed by atoms with Crippen LogP contribution >= 0.6 is 11.8 Å². The van der Waals surface area contributed by atoms with E-state index in [1.807, 2.05) is 0 Å². The molecule has 5 heteroatoms. The fourth-order valence-corrected chi connectivity index (χ4v) is 4.06. The number of benzene rings is 2. The van der Waals surface area contributed by atoms with Crippen LogP contribution in [0.5, 0.6) is 0 Å². The van der Waals surface area contributed by atoms with Gasteiger partial charge in [-0.1, -0.05) is 51.1 Å². The van der Waals surface area contributed by atoms with E-state index in [2.05, 4.69) is 45.0 Å². The second-order valence-corrected chi connectivity index (χ2v) is 8.22. The number of hydrogen-bond acceptors (Lipinski definition) is 3. The van der Waals surface area contributed by atoms with Crippen LogP contribution in [0.2, 0.25) is 0 Å². The lowest BCUT2D eigenvalue weighted by molar-refractivity contribution is -0.115. The van der Waals surface area contributed by atoms with E-state index in [9.17, 15) is 14.7 Å². The molecular formula is C20H21NO3S. The Bertz CT molecular complexity index is 808. The zero-order chi connectivity index (χ0) is 18.2. The average Bonchev–Trinajstić information content (AvgIpc) is 2.96. The van der Waals surface area contributed by atoms with Crippen LogP contribution in [0.3, 0.4) is 0 Å². The second kappa shape index (κ2) is 6.56. The first-order chi connectivity index (χ1) is 11.8. The molecule has 4 nitrogen and oxygen atoms in total. The number of carbonyl (C=O) groups excluding carboxylic acids is 1. The molecule has 0 unspecified atom stereocenters. The normalized spacial score (nSPS) is 17.8. The Balaban J connectivity index is 1.95. The Labute approximate surface area is 151 Å². The summed E-state index contributed by atoms with van der Waals surface area (Å²) in [5.74, 6) is -0.604. The lowest BCUT2D eigenvalue weighted by atomic mass is 9.86. The Morgan fingerprint density at radius 2 is 1.84 bits per heavy atom. The van der Waals surface area contributed by atoms with Crippen LogP contribution in [0.4, 0.5) is 5.69 Å². The van der Waals surface area contributed by atoms with Gasteiger partial charge in [-0.15, -0.1) is 11.8 Å². The highest BCUT2D eigenvalue weighted by atomic mass is 32.2. The van der Waals surface area contributed by atoms with Crippen molar-refractivity contribution in [1.82, 2.24) is 0 Å². The molecule has 2 aromatic carbocycles. The number of thioether (sulfide) groups is 1. The molecule has 3 rings (SSSR count). The molecule has 0 bridgehead atoms. The van der Waals surface area contributed by atoms with Crippen LogP contribution in [0.25, 0.3) is 0 Å². The van der Waals surface area contributed by atoms with Crippen molar-refractivity contribution in [1.29, 1.82) is 0 Å². The number of rotatable bonds is 3. The molecule has 1 atom stereocenters. The molecule has 1 saturated heterocycles. The highest BCUT2D eigenvalue weighted by Crippen LogP contribution is 2.42. The predicted octanol–water partition coefficient (Wildman–Crippen LogP) is 4.46. The third-order valence-corrected chi connectivity index (χ3v) is 5.51. The largest absolute Gasteiger partial charge is 0.478 e. The second-order valence-electron chi connectivity index (χ2n) is 7.15. The SMILES string of the molecule is CC(C)(C)c1ccc([C@@H]2SCC(=O)N2c2cccc(C(=O)O)c2)cc1. The minimum atomic E-state index is -0.993. The summed E-state index contributed by atoms with van der Waals surface area (Å²) in [6.45, 7) is 6.50. The number of anilines is 1. The van der Waals surface area contributed by atoms with Crippen molar-refractivity contribution >= 4 is 29.3 Å². The number of carbonyl (C=O) groups is 2. The van der Waals surface area contributed by atoms with Gasteiger partial charge in [0.15, 0.2) is 0 Å². The summed E-state index contributed by atoms with van der Waals surface area (Å²) in [5, 5.41) is 9.07. The number of carboxylic acids is 1. The van der Waals surface area contributed by atoms with Gasteiger partial charge in [-0.2, -0.15) is 0 Å². The Hall–Kier alpha value is -2.27. The van der Waals surface area contributed by atoms with Crippen LogP contribution in [-0.2, 0) is 10.2 Å². The van der Waals surface area contributed by atoms with E-state index in [0.29, 0.717) is 11.4 Å². The summed E-state index contributed by atoms with van der Waals surface area (Å²) in [4.78, 5) is 25.3. The molecule has 130 valence electrons. The van der Waals surface area contributed by atoms with Crippen molar-refractivity contribution in [2.24, 2.45) is 0 Å². The molecule has 1 aliphatic heterocycles. The van der Waals surface area contributed by atoms with Gasteiger partial charge in [-0.05, 0) is 34.7 Å². The van der Waals surface area contributed by atoms with Crippen molar-refractivity contribution in [2.75, 3.05) is 10.7 Å². The van der Waals surface area contributed by atoms with Crippen molar-refractivity contribution < 1.29 is 14.7 Å². The summed E-state index contributed by atoms with van der Waals surface area (Å²) >= 11 is 1.56. The van der Waals surface area contributed by atoms with Crippen molar-refractivity contribution in [2.45, 2.75) is 31.6 Å². The van der Waals surface area contributed by atoms with Gasteiger partial charge in [0.1, 0.15) is 5.37 Å². The third-order valence-electron chi connectivity index (χ3n) is 4.30. The van der Waals surface area contributed by atoms with E-state index in [1.165, 1.54) is 11.6 Å². The van der Waals surface area contributed by atoms with E-state index in [0.717, 1.165) is 5.56 Å². The highest BCUT2D eigenvalue weighted by molar-refractivity contribution is 8.00. The van der Waals surface area contributed by atoms with Crippen LogP contribution in [0, 0.1) is 0 Å². The molecule has 0 spiro atoms. The van der Waals surface area contributed by atoms with Gasteiger partial charge >= 0.3 is 5.97 Å². The molecule has 0 aromatic heterocycles. The van der Waals surface area contributed by atoms with Crippen LogP contribution in [0.15, 0.2) is 48.5 Å². The molecule has 1 amide bonds. The first kappa shape index (κ1) is 17.5. The topological polar surface area (TPSA) is 57.6 Å². The summed E-state index contributed by atoms with van der Waals surface area (Å²) in [5.41, 5.74) is 3.17. The minimum Gasteiger partial charge on any atom is -0.478 e. The van der Waals surface area contributed by atoms with E-state index in [-0.39, 0.29) is 22.3 Å². The maximum Gasteiger partial charge on any atom is 0.335 e.